The minimum atomic E-state index is -0.162. The molecule has 0 radical (unpaired) electrons. The lowest BCUT2D eigenvalue weighted by molar-refractivity contribution is -0.148. The van der Waals surface area contributed by atoms with Gasteiger partial charge in [0.1, 0.15) is 27.3 Å². The van der Waals surface area contributed by atoms with Crippen molar-refractivity contribution in [2.45, 2.75) is 71.8 Å². The number of rotatable bonds is 12. The summed E-state index contributed by atoms with van der Waals surface area (Å²) >= 11 is 7.07. The number of aryl methyl sites for hydroxylation is 1. The van der Waals surface area contributed by atoms with Gasteiger partial charge in [-0.1, -0.05) is 51.2 Å². The average molecular weight is 612 g/mol. The first-order valence-electron chi connectivity index (χ1n) is 15.0. The Labute approximate surface area is 258 Å². The third kappa shape index (κ3) is 6.72. The van der Waals surface area contributed by atoms with E-state index < -0.39 is 0 Å². The normalized spacial score (nSPS) is 23.3. The zero-order chi connectivity index (χ0) is 30.0. The summed E-state index contributed by atoms with van der Waals surface area (Å²) in [6.45, 7) is 6.44. The van der Waals surface area contributed by atoms with Crippen LogP contribution >= 0.6 is 24.0 Å². The van der Waals surface area contributed by atoms with Gasteiger partial charge < -0.3 is 18.6 Å². The average Bonchev–Trinajstić information content (AvgIpc) is 3.75. The van der Waals surface area contributed by atoms with Crippen LogP contribution in [0.25, 0.3) is 17.4 Å². The van der Waals surface area contributed by atoms with Crippen molar-refractivity contribution < 1.29 is 28.2 Å². The van der Waals surface area contributed by atoms with Crippen LogP contribution in [0.1, 0.15) is 70.6 Å². The molecule has 1 amide bonds. The number of benzene rings is 1. The molecule has 7 nitrogen and oxygen atoms in total. The van der Waals surface area contributed by atoms with Gasteiger partial charge in [-0.25, -0.2) is 0 Å². The SMILES string of the molecule is COc1cc(OC)cc(-c2cc(CCCOC(=O)[C@@H](C)CC(C)C)c(/C=C3\SC(=S)N(C4CC5CCC4C5)C3=O)o2)c1. The molecule has 3 aliphatic rings. The van der Waals surface area contributed by atoms with Gasteiger partial charge in [-0.3, -0.25) is 14.5 Å². The number of thioether (sulfide) groups is 1. The molecule has 2 aromatic rings. The van der Waals surface area contributed by atoms with Gasteiger partial charge in [0.25, 0.3) is 5.91 Å². The fraction of sp³-hybridized carbons (Fsp3) is 0.545. The van der Waals surface area contributed by atoms with E-state index >= 15 is 0 Å². The minimum Gasteiger partial charge on any atom is -0.497 e. The summed E-state index contributed by atoms with van der Waals surface area (Å²) in [4.78, 5) is 28.5. The quantitative estimate of drug-likeness (QED) is 0.106. The second-order valence-electron chi connectivity index (χ2n) is 12.2. The summed E-state index contributed by atoms with van der Waals surface area (Å²) < 4.78 is 23.5. The molecule has 1 aromatic heterocycles. The van der Waals surface area contributed by atoms with Gasteiger partial charge in [0, 0.05) is 23.7 Å². The maximum Gasteiger partial charge on any atom is 0.308 e. The Morgan fingerprint density at radius 2 is 1.86 bits per heavy atom. The Balaban J connectivity index is 1.37. The number of nitrogens with zero attached hydrogens (tertiary/aromatic N) is 1. The molecule has 2 saturated carbocycles. The van der Waals surface area contributed by atoms with Crippen molar-refractivity contribution in [3.05, 3.63) is 40.5 Å². The second-order valence-corrected chi connectivity index (χ2v) is 13.9. The molecule has 1 aliphatic heterocycles. The highest BCUT2D eigenvalue weighted by molar-refractivity contribution is 8.26. The summed E-state index contributed by atoms with van der Waals surface area (Å²) in [5, 5.41) is 0. The molecule has 3 fully saturated rings. The van der Waals surface area contributed by atoms with Crippen LogP contribution in [0, 0.1) is 23.7 Å². The molecule has 9 heteroatoms. The van der Waals surface area contributed by atoms with E-state index in [1.807, 2.05) is 42.2 Å². The lowest BCUT2D eigenvalue weighted by Gasteiger charge is -2.30. The molecule has 2 heterocycles. The van der Waals surface area contributed by atoms with E-state index in [-0.39, 0.29) is 23.8 Å². The van der Waals surface area contributed by atoms with Crippen LogP contribution in [0.3, 0.4) is 0 Å². The Morgan fingerprint density at radius 3 is 2.48 bits per heavy atom. The third-order valence-electron chi connectivity index (χ3n) is 8.66. The van der Waals surface area contributed by atoms with E-state index in [2.05, 4.69) is 13.8 Å². The van der Waals surface area contributed by atoms with Crippen molar-refractivity contribution in [3.63, 3.8) is 0 Å². The van der Waals surface area contributed by atoms with Crippen LogP contribution in [-0.4, -0.2) is 48.0 Å². The van der Waals surface area contributed by atoms with E-state index in [0.29, 0.717) is 63.5 Å². The van der Waals surface area contributed by atoms with E-state index in [1.54, 1.807) is 14.2 Å². The number of thiocarbonyl (C=S) groups is 1. The highest BCUT2D eigenvalue weighted by Gasteiger charge is 2.48. The number of furan rings is 1. The fourth-order valence-electron chi connectivity index (χ4n) is 6.65. The van der Waals surface area contributed by atoms with Gasteiger partial charge in [0.2, 0.25) is 0 Å². The van der Waals surface area contributed by atoms with Gasteiger partial charge >= 0.3 is 5.97 Å². The summed E-state index contributed by atoms with van der Waals surface area (Å²) in [6.07, 6.45) is 8.59. The molecule has 4 atom stereocenters. The highest BCUT2D eigenvalue weighted by atomic mass is 32.2. The summed E-state index contributed by atoms with van der Waals surface area (Å²) in [7, 11) is 3.22. The van der Waals surface area contributed by atoms with Gasteiger partial charge in [0.15, 0.2) is 0 Å². The van der Waals surface area contributed by atoms with Crippen LogP contribution in [0.15, 0.2) is 33.6 Å². The van der Waals surface area contributed by atoms with Crippen molar-refractivity contribution in [1.82, 2.24) is 4.90 Å². The predicted molar refractivity (Wildman–Crippen MR) is 169 cm³/mol. The molecule has 3 unspecified atom stereocenters. The first-order chi connectivity index (χ1) is 20.2. The van der Waals surface area contributed by atoms with Crippen LogP contribution in [0.5, 0.6) is 11.5 Å². The smallest absolute Gasteiger partial charge is 0.308 e. The van der Waals surface area contributed by atoms with E-state index in [0.717, 1.165) is 29.9 Å². The Morgan fingerprint density at radius 1 is 1.12 bits per heavy atom. The molecule has 2 aliphatic carbocycles. The highest BCUT2D eigenvalue weighted by Crippen LogP contribution is 2.49. The standard InChI is InChI=1S/C33H41NO6S2/c1-19(2)11-20(3)32(36)39-10-6-7-23-16-28(24-14-25(37-4)17-26(15-24)38-5)40-29(23)18-30-31(35)34(33(41)42-30)27-13-21-8-9-22(27)12-21/h14-22,27H,6-13H2,1-5H3/b30-18-/t20-,21?,22?,27?/m0/s1. The molecule has 1 aromatic carbocycles. The Bertz CT molecular complexity index is 1340. The first kappa shape index (κ1) is 30.7. The minimum absolute atomic E-state index is 0.0254. The monoisotopic (exact) mass is 611 g/mol. The molecule has 42 heavy (non-hydrogen) atoms. The molecular formula is C33H41NO6S2. The zero-order valence-electron chi connectivity index (χ0n) is 25.1. The fourth-order valence-corrected chi connectivity index (χ4v) is 7.99. The maximum atomic E-state index is 13.6. The molecular weight excluding hydrogens is 570 g/mol. The predicted octanol–water partition coefficient (Wildman–Crippen LogP) is 7.51. The van der Waals surface area contributed by atoms with Crippen LogP contribution < -0.4 is 9.47 Å². The van der Waals surface area contributed by atoms with Crippen LogP contribution in [0.4, 0.5) is 0 Å². The van der Waals surface area contributed by atoms with Gasteiger partial charge in [0.05, 0.1) is 31.6 Å². The topological polar surface area (TPSA) is 78.2 Å². The number of esters is 1. The van der Waals surface area contributed by atoms with Crippen LogP contribution in [-0.2, 0) is 20.7 Å². The largest absolute Gasteiger partial charge is 0.497 e. The lowest BCUT2D eigenvalue weighted by atomic mass is 9.94. The molecule has 5 rings (SSSR count). The number of amides is 1. The van der Waals surface area contributed by atoms with Crippen molar-refractivity contribution in [1.29, 1.82) is 0 Å². The van der Waals surface area contributed by atoms with Gasteiger partial charge in [-0.2, -0.15) is 0 Å². The van der Waals surface area contributed by atoms with Crippen molar-refractivity contribution in [3.8, 4) is 22.8 Å². The summed E-state index contributed by atoms with van der Waals surface area (Å²) in [5.41, 5.74) is 1.74. The second kappa shape index (κ2) is 13.2. The Hall–Kier alpha value is -2.78. The molecule has 0 N–H and O–H groups in total. The number of carbonyl (C=O) groups excluding carboxylic acids is 2. The molecule has 1 saturated heterocycles. The van der Waals surface area contributed by atoms with E-state index in [1.165, 1.54) is 31.0 Å². The first-order valence-corrected chi connectivity index (χ1v) is 16.2. The zero-order valence-corrected chi connectivity index (χ0v) is 26.8. The van der Waals surface area contributed by atoms with Crippen molar-refractivity contribution >= 4 is 46.3 Å². The number of fused-ring (bicyclic) bond motifs is 2. The van der Waals surface area contributed by atoms with E-state index in [4.69, 9.17) is 30.8 Å². The molecule has 2 bridgehead atoms. The van der Waals surface area contributed by atoms with Gasteiger partial charge in [-0.15, -0.1) is 0 Å². The van der Waals surface area contributed by atoms with E-state index in [9.17, 15) is 9.59 Å². The number of hydrogen-bond donors (Lipinski definition) is 0. The number of ether oxygens (including phenoxy) is 3. The molecule has 226 valence electrons. The summed E-state index contributed by atoms with van der Waals surface area (Å²) in [6, 6.07) is 7.79. The van der Waals surface area contributed by atoms with Crippen molar-refractivity contribution in [2.24, 2.45) is 23.7 Å². The number of methoxy groups -OCH3 is 2. The third-order valence-corrected chi connectivity index (χ3v) is 9.99. The van der Waals surface area contributed by atoms with Crippen molar-refractivity contribution in [2.75, 3.05) is 20.8 Å². The van der Waals surface area contributed by atoms with Gasteiger partial charge in [-0.05, 0) is 80.0 Å². The molecule has 0 spiro atoms. The maximum absolute atomic E-state index is 13.6. The Kier molecular flexibility index (Phi) is 9.67. The van der Waals surface area contributed by atoms with Crippen LogP contribution in [0.2, 0.25) is 0 Å². The number of carbonyl (C=O) groups is 2. The number of hydrogen-bond acceptors (Lipinski definition) is 8. The lowest BCUT2D eigenvalue weighted by Crippen LogP contribution is -2.41. The summed E-state index contributed by atoms with van der Waals surface area (Å²) in [5.74, 6) is 3.95.